The van der Waals surface area contributed by atoms with Crippen LogP contribution in [0.2, 0.25) is 0 Å². The van der Waals surface area contributed by atoms with E-state index in [9.17, 15) is 4.79 Å². The van der Waals surface area contributed by atoms with E-state index in [4.69, 9.17) is 4.74 Å². The van der Waals surface area contributed by atoms with Gasteiger partial charge in [-0.25, -0.2) is 0 Å². The number of nitrogens with one attached hydrogen (secondary N) is 1. The second kappa shape index (κ2) is 10.1. The highest BCUT2D eigenvalue weighted by Gasteiger charge is 2.25. The molecule has 3 aromatic rings. The van der Waals surface area contributed by atoms with Gasteiger partial charge in [0.15, 0.2) is 0 Å². The van der Waals surface area contributed by atoms with Gasteiger partial charge in [0, 0.05) is 30.7 Å². The van der Waals surface area contributed by atoms with Crippen molar-refractivity contribution in [2.45, 2.75) is 26.3 Å². The van der Waals surface area contributed by atoms with Crippen LogP contribution in [0.5, 0.6) is 5.75 Å². The number of benzene rings is 2. The zero-order chi connectivity index (χ0) is 23.4. The normalized spacial score (nSPS) is 13.4. The van der Waals surface area contributed by atoms with Gasteiger partial charge in [-0.3, -0.25) is 4.79 Å². The SMILES string of the molecule is C=C(NC)c1ccc2c(c1)CN(C(=O)/C(=C/c1ccc(CC)c(OC)c1)c1cccs1)CC2. The van der Waals surface area contributed by atoms with Crippen molar-refractivity contribution in [3.8, 4) is 5.75 Å². The van der Waals surface area contributed by atoms with E-state index >= 15 is 0 Å². The molecule has 170 valence electrons. The first-order valence-electron chi connectivity index (χ1n) is 11.2. The number of carbonyl (C=O) groups is 1. The van der Waals surface area contributed by atoms with Gasteiger partial charge < -0.3 is 15.0 Å². The molecule has 4 nitrogen and oxygen atoms in total. The van der Waals surface area contributed by atoms with Crippen molar-refractivity contribution in [1.29, 1.82) is 0 Å². The van der Waals surface area contributed by atoms with Gasteiger partial charge in [-0.05, 0) is 70.3 Å². The van der Waals surface area contributed by atoms with Crippen molar-refractivity contribution in [3.05, 3.63) is 93.2 Å². The lowest BCUT2D eigenvalue weighted by molar-refractivity contribution is -0.125. The molecule has 1 aliphatic heterocycles. The number of aryl methyl sites for hydroxylation is 1. The van der Waals surface area contributed by atoms with Gasteiger partial charge in [0.1, 0.15) is 5.75 Å². The summed E-state index contributed by atoms with van der Waals surface area (Å²) >= 11 is 1.59. The Kier molecular flexibility index (Phi) is 6.99. The smallest absolute Gasteiger partial charge is 0.255 e. The maximum Gasteiger partial charge on any atom is 0.255 e. The minimum absolute atomic E-state index is 0.0551. The number of carbonyl (C=O) groups excluding carboxylic acids is 1. The Morgan fingerprint density at radius 1 is 1.21 bits per heavy atom. The molecule has 0 radical (unpaired) electrons. The third-order valence-electron chi connectivity index (χ3n) is 6.18. The van der Waals surface area contributed by atoms with E-state index in [0.717, 1.165) is 51.4 Å². The van der Waals surface area contributed by atoms with E-state index in [0.29, 0.717) is 13.1 Å². The molecule has 5 heteroatoms. The molecule has 1 N–H and O–H groups in total. The van der Waals surface area contributed by atoms with Crippen molar-refractivity contribution >= 4 is 34.6 Å². The van der Waals surface area contributed by atoms with E-state index in [1.807, 2.05) is 41.6 Å². The first-order valence-corrected chi connectivity index (χ1v) is 12.1. The molecule has 2 aromatic carbocycles. The number of thiophene rings is 1. The van der Waals surface area contributed by atoms with Gasteiger partial charge in [0.2, 0.25) is 0 Å². The summed E-state index contributed by atoms with van der Waals surface area (Å²) in [5.74, 6) is 0.910. The van der Waals surface area contributed by atoms with E-state index in [-0.39, 0.29) is 5.91 Å². The summed E-state index contributed by atoms with van der Waals surface area (Å²) in [7, 11) is 3.56. The van der Waals surface area contributed by atoms with E-state index < -0.39 is 0 Å². The summed E-state index contributed by atoms with van der Waals surface area (Å²) in [6.07, 6.45) is 3.74. The average molecular weight is 459 g/mol. The van der Waals surface area contributed by atoms with Gasteiger partial charge in [0.25, 0.3) is 5.91 Å². The highest BCUT2D eigenvalue weighted by molar-refractivity contribution is 7.11. The maximum atomic E-state index is 13.8. The Balaban J connectivity index is 1.66. The van der Waals surface area contributed by atoms with Crippen LogP contribution in [0.15, 0.2) is 60.5 Å². The third kappa shape index (κ3) is 4.88. The summed E-state index contributed by atoms with van der Waals surface area (Å²) in [5.41, 5.74) is 7.26. The molecule has 4 rings (SSSR count). The summed E-state index contributed by atoms with van der Waals surface area (Å²) in [5, 5.41) is 5.12. The van der Waals surface area contributed by atoms with Gasteiger partial charge in [0.05, 0.1) is 12.7 Å². The molecule has 0 aliphatic carbocycles. The lowest BCUT2D eigenvalue weighted by atomic mass is 9.95. The summed E-state index contributed by atoms with van der Waals surface area (Å²) in [4.78, 5) is 16.7. The van der Waals surface area contributed by atoms with Gasteiger partial charge >= 0.3 is 0 Å². The van der Waals surface area contributed by atoms with Crippen LogP contribution in [0, 0.1) is 0 Å². The van der Waals surface area contributed by atoms with Gasteiger partial charge in [-0.1, -0.05) is 43.8 Å². The summed E-state index contributed by atoms with van der Waals surface area (Å²) in [6.45, 7) is 7.49. The fourth-order valence-corrected chi connectivity index (χ4v) is 4.95. The second-order valence-corrected chi connectivity index (χ2v) is 9.10. The fourth-order valence-electron chi connectivity index (χ4n) is 4.21. The van der Waals surface area contributed by atoms with Crippen LogP contribution < -0.4 is 10.1 Å². The first kappa shape index (κ1) is 22.9. The Morgan fingerprint density at radius 3 is 2.76 bits per heavy atom. The highest BCUT2D eigenvalue weighted by atomic mass is 32.1. The van der Waals surface area contributed by atoms with Crippen LogP contribution in [0.4, 0.5) is 0 Å². The largest absolute Gasteiger partial charge is 0.496 e. The Morgan fingerprint density at radius 2 is 2.06 bits per heavy atom. The third-order valence-corrected chi connectivity index (χ3v) is 7.08. The predicted molar refractivity (Wildman–Crippen MR) is 138 cm³/mol. The number of rotatable bonds is 7. The van der Waals surface area contributed by atoms with Crippen molar-refractivity contribution in [2.75, 3.05) is 20.7 Å². The Hall–Kier alpha value is -3.31. The topological polar surface area (TPSA) is 41.6 Å². The van der Waals surface area contributed by atoms with Crippen LogP contribution in [-0.4, -0.2) is 31.5 Å². The van der Waals surface area contributed by atoms with Crippen LogP contribution in [0.1, 0.15) is 39.6 Å². The van der Waals surface area contributed by atoms with E-state index in [1.165, 1.54) is 11.1 Å². The van der Waals surface area contributed by atoms with Crippen LogP contribution in [0.25, 0.3) is 17.3 Å². The zero-order valence-corrected chi connectivity index (χ0v) is 20.3. The van der Waals surface area contributed by atoms with Crippen molar-refractivity contribution < 1.29 is 9.53 Å². The van der Waals surface area contributed by atoms with E-state index in [1.54, 1.807) is 18.4 Å². The number of nitrogens with zero attached hydrogens (tertiary/aromatic N) is 1. The van der Waals surface area contributed by atoms with E-state index in [2.05, 4.69) is 49.2 Å². The number of hydrogen-bond donors (Lipinski definition) is 1. The molecule has 1 aromatic heterocycles. The molecule has 2 heterocycles. The van der Waals surface area contributed by atoms with Crippen LogP contribution in [0.3, 0.4) is 0 Å². The molecular formula is C28H30N2O2S. The molecule has 0 bridgehead atoms. The number of hydrogen-bond acceptors (Lipinski definition) is 4. The predicted octanol–water partition coefficient (Wildman–Crippen LogP) is 5.63. The zero-order valence-electron chi connectivity index (χ0n) is 19.5. The average Bonchev–Trinajstić information content (AvgIpc) is 3.40. The maximum absolute atomic E-state index is 13.8. The number of ether oxygens (including phenoxy) is 1. The number of fused-ring (bicyclic) bond motifs is 1. The molecule has 33 heavy (non-hydrogen) atoms. The molecule has 0 saturated carbocycles. The molecule has 0 fully saturated rings. The van der Waals surface area contributed by atoms with Crippen molar-refractivity contribution in [2.24, 2.45) is 0 Å². The molecule has 0 saturated heterocycles. The lowest BCUT2D eigenvalue weighted by Crippen LogP contribution is -2.36. The Bertz CT molecular complexity index is 1190. The van der Waals surface area contributed by atoms with Crippen molar-refractivity contribution in [3.63, 3.8) is 0 Å². The summed E-state index contributed by atoms with van der Waals surface area (Å²) in [6, 6.07) is 16.6. The standard InChI is InChI=1S/C28H30N2O2S/c1-5-21-9-8-20(16-26(21)32-4)15-25(27-7-6-14-33-27)28(31)30-13-12-22-10-11-23(19(2)29-3)17-24(22)18-30/h6-11,14-17,29H,2,5,12-13,18H2,1,3-4H3/b25-15+. The molecule has 0 unspecified atom stereocenters. The minimum Gasteiger partial charge on any atom is -0.496 e. The number of methoxy groups -OCH3 is 1. The van der Waals surface area contributed by atoms with Crippen molar-refractivity contribution in [1.82, 2.24) is 10.2 Å². The van der Waals surface area contributed by atoms with Crippen LogP contribution >= 0.6 is 11.3 Å². The lowest BCUT2D eigenvalue weighted by Gasteiger charge is -2.30. The van der Waals surface area contributed by atoms with Crippen LogP contribution in [-0.2, 0) is 24.2 Å². The second-order valence-electron chi connectivity index (χ2n) is 8.15. The molecule has 1 aliphatic rings. The molecular weight excluding hydrogens is 428 g/mol. The number of amides is 1. The van der Waals surface area contributed by atoms with Gasteiger partial charge in [-0.15, -0.1) is 11.3 Å². The quantitative estimate of drug-likeness (QED) is 0.466. The molecule has 0 atom stereocenters. The summed E-state index contributed by atoms with van der Waals surface area (Å²) < 4.78 is 5.57. The molecule has 1 amide bonds. The monoisotopic (exact) mass is 458 g/mol. The van der Waals surface area contributed by atoms with Gasteiger partial charge in [-0.2, -0.15) is 0 Å². The highest BCUT2D eigenvalue weighted by Crippen LogP contribution is 2.30. The minimum atomic E-state index is 0.0551. The molecule has 0 spiro atoms. The Labute approximate surface area is 200 Å². The fraction of sp³-hybridized carbons (Fsp3) is 0.250. The first-order chi connectivity index (χ1) is 16.0.